The van der Waals surface area contributed by atoms with Gasteiger partial charge in [-0.05, 0) is 48.2 Å². The van der Waals surface area contributed by atoms with Crippen molar-refractivity contribution in [2.45, 2.75) is 26.8 Å². The van der Waals surface area contributed by atoms with E-state index in [2.05, 4.69) is 9.97 Å². The lowest BCUT2D eigenvalue weighted by Crippen LogP contribution is -2.17. The number of furan rings is 1. The van der Waals surface area contributed by atoms with Gasteiger partial charge in [-0.1, -0.05) is 19.9 Å². The van der Waals surface area contributed by atoms with Crippen LogP contribution in [0.25, 0.3) is 33.7 Å². The summed E-state index contributed by atoms with van der Waals surface area (Å²) in [6, 6.07) is 12.1. The van der Waals surface area contributed by atoms with Crippen LogP contribution >= 0.6 is 0 Å². The molecule has 2 aromatic carbocycles. The monoisotopic (exact) mass is 487 g/mol. The van der Waals surface area contributed by atoms with E-state index in [0.717, 1.165) is 11.1 Å². The van der Waals surface area contributed by atoms with Crippen LogP contribution in [0.2, 0.25) is 0 Å². The molecule has 0 atom stereocenters. The van der Waals surface area contributed by atoms with Crippen LogP contribution in [0.5, 0.6) is 11.5 Å². The Bertz CT molecular complexity index is 1710. The van der Waals surface area contributed by atoms with E-state index in [9.17, 15) is 14.9 Å². The van der Waals surface area contributed by atoms with Gasteiger partial charge in [-0.2, -0.15) is 0 Å². The number of hydrogen-bond acceptors (Lipinski definition) is 8. The molecule has 11 heteroatoms. The Morgan fingerprint density at radius 2 is 1.92 bits per heavy atom. The van der Waals surface area contributed by atoms with Gasteiger partial charge < -0.3 is 23.4 Å². The van der Waals surface area contributed by atoms with E-state index in [1.165, 1.54) is 12.1 Å². The molecular formula is C25H21N5O6. The average molecular weight is 487 g/mol. The van der Waals surface area contributed by atoms with Crippen LogP contribution < -0.4 is 15.0 Å². The predicted octanol–water partition coefficient (Wildman–Crippen LogP) is 4.42. The van der Waals surface area contributed by atoms with E-state index >= 15 is 0 Å². The highest BCUT2D eigenvalue weighted by molar-refractivity contribution is 5.92. The number of rotatable bonds is 6. The Balaban J connectivity index is 1.54. The van der Waals surface area contributed by atoms with Crippen molar-refractivity contribution in [2.75, 3.05) is 6.79 Å². The summed E-state index contributed by atoms with van der Waals surface area (Å²) in [5.41, 5.74) is 3.68. The van der Waals surface area contributed by atoms with Crippen molar-refractivity contribution in [3.63, 3.8) is 0 Å². The fraction of sp³-hybridized carbons (Fsp3) is 0.240. The molecule has 3 aromatic heterocycles. The average Bonchev–Trinajstić information content (AvgIpc) is 3.57. The van der Waals surface area contributed by atoms with Crippen LogP contribution in [0.1, 0.15) is 25.1 Å². The zero-order valence-electron chi connectivity index (χ0n) is 19.5. The summed E-state index contributed by atoms with van der Waals surface area (Å²) in [7, 11) is 0. The number of fused-ring (bicyclic) bond motifs is 3. The predicted molar refractivity (Wildman–Crippen MR) is 130 cm³/mol. The van der Waals surface area contributed by atoms with E-state index in [-0.39, 0.29) is 29.9 Å². The summed E-state index contributed by atoms with van der Waals surface area (Å²) in [5, 5.41) is 11.2. The number of imidazole rings is 1. The molecule has 0 bridgehead atoms. The first-order valence-electron chi connectivity index (χ1n) is 11.4. The first-order chi connectivity index (χ1) is 17.4. The molecule has 11 nitrogen and oxygen atoms in total. The van der Waals surface area contributed by atoms with Crippen molar-refractivity contribution in [1.29, 1.82) is 0 Å². The minimum atomic E-state index is -0.590. The molecule has 1 aliphatic rings. The summed E-state index contributed by atoms with van der Waals surface area (Å²) in [4.78, 5) is 35.4. The Morgan fingerprint density at radius 3 is 2.69 bits per heavy atom. The molecule has 0 amide bonds. The van der Waals surface area contributed by atoms with Crippen molar-refractivity contribution < 1.29 is 18.8 Å². The molecule has 0 saturated heterocycles. The van der Waals surface area contributed by atoms with Crippen LogP contribution in [0.3, 0.4) is 0 Å². The zero-order valence-corrected chi connectivity index (χ0v) is 19.5. The van der Waals surface area contributed by atoms with Gasteiger partial charge in [-0.3, -0.25) is 14.9 Å². The van der Waals surface area contributed by atoms with Gasteiger partial charge >= 0.3 is 5.88 Å². The summed E-state index contributed by atoms with van der Waals surface area (Å²) in [6.07, 6.45) is 0.557. The van der Waals surface area contributed by atoms with Crippen molar-refractivity contribution >= 4 is 28.0 Å². The van der Waals surface area contributed by atoms with Gasteiger partial charge in [-0.15, -0.1) is 0 Å². The number of H-pyrrole nitrogens is 1. The van der Waals surface area contributed by atoms with Gasteiger partial charge in [0.2, 0.25) is 6.79 Å². The van der Waals surface area contributed by atoms with Gasteiger partial charge in [0.1, 0.15) is 10.6 Å². The highest BCUT2D eigenvalue weighted by Crippen LogP contribution is 2.35. The van der Waals surface area contributed by atoms with Crippen molar-refractivity contribution in [1.82, 2.24) is 19.5 Å². The second-order valence-corrected chi connectivity index (χ2v) is 9.07. The second kappa shape index (κ2) is 8.22. The maximum Gasteiger partial charge on any atom is 0.433 e. The lowest BCUT2D eigenvalue weighted by Gasteiger charge is -2.10. The van der Waals surface area contributed by atoms with Crippen LogP contribution in [-0.2, 0) is 13.0 Å². The Morgan fingerprint density at radius 1 is 1.08 bits per heavy atom. The molecule has 6 rings (SSSR count). The summed E-state index contributed by atoms with van der Waals surface area (Å²) in [6.45, 7) is 4.61. The van der Waals surface area contributed by atoms with Crippen molar-refractivity contribution in [3.8, 4) is 23.1 Å². The molecule has 0 radical (unpaired) electrons. The number of nitro groups is 1. The van der Waals surface area contributed by atoms with Gasteiger partial charge in [0.25, 0.3) is 5.56 Å². The smallest absolute Gasteiger partial charge is 0.433 e. The molecule has 1 aliphatic heterocycles. The molecule has 0 unspecified atom stereocenters. The number of ether oxygens (including phenoxy) is 2. The van der Waals surface area contributed by atoms with Crippen molar-refractivity contribution in [2.24, 2.45) is 5.92 Å². The van der Waals surface area contributed by atoms with E-state index in [1.54, 1.807) is 6.07 Å². The maximum atomic E-state index is 12.6. The summed E-state index contributed by atoms with van der Waals surface area (Å²) >= 11 is 0. The molecule has 0 aliphatic carbocycles. The van der Waals surface area contributed by atoms with Crippen LogP contribution in [0.15, 0.2) is 51.7 Å². The van der Waals surface area contributed by atoms with E-state index in [1.807, 2.05) is 42.7 Å². The molecule has 1 N–H and O–H groups in total. The summed E-state index contributed by atoms with van der Waals surface area (Å²) in [5.74, 6) is 1.89. The molecule has 0 saturated carbocycles. The maximum absolute atomic E-state index is 12.6. The Labute approximate surface area is 203 Å². The number of aromatic amines is 1. The summed E-state index contributed by atoms with van der Waals surface area (Å²) < 4.78 is 18.3. The highest BCUT2D eigenvalue weighted by Gasteiger charge is 2.22. The minimum absolute atomic E-state index is 0.169. The largest absolute Gasteiger partial charge is 0.454 e. The first kappa shape index (κ1) is 21.8. The fourth-order valence-electron chi connectivity index (χ4n) is 4.38. The van der Waals surface area contributed by atoms with E-state index in [0.29, 0.717) is 52.5 Å². The highest BCUT2D eigenvalue weighted by atomic mass is 16.7. The fourth-order valence-corrected chi connectivity index (χ4v) is 4.38. The second-order valence-electron chi connectivity index (χ2n) is 9.07. The topological polar surface area (TPSA) is 138 Å². The Hall–Kier alpha value is -4.67. The van der Waals surface area contributed by atoms with Crippen LogP contribution in [-0.4, -0.2) is 31.2 Å². The molecule has 0 fully saturated rings. The number of aromatic nitrogens is 4. The lowest BCUT2D eigenvalue weighted by atomic mass is 10.1. The molecule has 36 heavy (non-hydrogen) atoms. The molecule has 4 heterocycles. The SMILES string of the molecule is CC(C)Cc1nc2cc3c(cc2[nH]c1=O)nc(-c1ccc([N+](=O)[O-])o1)n3Cc1ccc2c(c1)OCO2. The molecule has 0 spiro atoms. The van der Waals surface area contributed by atoms with Gasteiger partial charge in [0.05, 0.1) is 28.1 Å². The van der Waals surface area contributed by atoms with Gasteiger partial charge in [0.15, 0.2) is 23.1 Å². The van der Waals surface area contributed by atoms with Crippen molar-refractivity contribution in [3.05, 3.63) is 74.2 Å². The number of nitrogens with zero attached hydrogens (tertiary/aromatic N) is 4. The van der Waals surface area contributed by atoms with E-state index < -0.39 is 4.92 Å². The molecule has 5 aromatic rings. The molecule has 182 valence electrons. The third-order valence-corrected chi connectivity index (χ3v) is 6.00. The minimum Gasteiger partial charge on any atom is -0.454 e. The van der Waals surface area contributed by atoms with Crippen LogP contribution in [0, 0.1) is 16.0 Å². The first-order valence-corrected chi connectivity index (χ1v) is 11.4. The molecular weight excluding hydrogens is 466 g/mol. The zero-order chi connectivity index (χ0) is 25.0. The van der Waals surface area contributed by atoms with E-state index in [4.69, 9.17) is 18.9 Å². The normalized spacial score (nSPS) is 12.8. The third-order valence-electron chi connectivity index (χ3n) is 6.00. The number of hydrogen-bond donors (Lipinski definition) is 1. The number of benzene rings is 2. The third kappa shape index (κ3) is 3.74. The van der Waals surface area contributed by atoms with Gasteiger partial charge in [-0.25, -0.2) is 9.97 Å². The number of nitrogens with one attached hydrogen (secondary N) is 1. The van der Waals surface area contributed by atoms with Crippen LogP contribution in [0.4, 0.5) is 5.88 Å². The lowest BCUT2D eigenvalue weighted by molar-refractivity contribution is -0.401. The van der Waals surface area contributed by atoms with Gasteiger partial charge in [0, 0.05) is 6.54 Å². The Kier molecular flexibility index (Phi) is 4.99. The quantitative estimate of drug-likeness (QED) is 0.274. The standard InChI is InChI=1S/C25H21N5O6/c1-13(2)7-18-25(31)28-15-9-17-19(10-16(15)26-18)29(11-14-3-4-20-22(8-14)35-12-34-20)24(27-17)21-5-6-23(36-21)30(32)33/h3-6,8-10,13H,7,11-12H2,1-2H3,(H,28,31).